The smallest absolute Gasteiger partial charge is 0.335 e. The van der Waals surface area contributed by atoms with Crippen LogP contribution < -0.4 is 4.74 Å². The van der Waals surface area contributed by atoms with E-state index in [1.54, 1.807) is 30.0 Å². The number of hydrogen-bond acceptors (Lipinski definition) is 5. The van der Waals surface area contributed by atoms with E-state index in [0.29, 0.717) is 24.3 Å². The van der Waals surface area contributed by atoms with Gasteiger partial charge >= 0.3 is 5.97 Å². The number of hydrogen-bond donors (Lipinski definition) is 2. The second-order valence-electron chi connectivity index (χ2n) is 8.48. The van der Waals surface area contributed by atoms with E-state index in [1.165, 1.54) is 12.1 Å². The van der Waals surface area contributed by atoms with E-state index in [0.717, 1.165) is 29.1 Å². The average molecular weight is 431 g/mol. The largest absolute Gasteiger partial charge is 0.507 e. The molecule has 162 valence electrons. The van der Waals surface area contributed by atoms with Crippen LogP contribution >= 0.6 is 11.8 Å². The third kappa shape index (κ3) is 7.10. The number of phenols is 1. The second-order valence-corrected chi connectivity index (χ2v) is 9.62. The Morgan fingerprint density at radius 1 is 1.10 bits per heavy atom. The molecule has 0 aliphatic rings. The van der Waals surface area contributed by atoms with Gasteiger partial charge in [0.2, 0.25) is 0 Å². The van der Waals surface area contributed by atoms with Crippen molar-refractivity contribution in [2.45, 2.75) is 51.9 Å². The van der Waals surface area contributed by atoms with Crippen LogP contribution in [0.25, 0.3) is 0 Å². The van der Waals surface area contributed by atoms with Gasteiger partial charge in [0, 0.05) is 16.9 Å². The number of benzene rings is 2. The average Bonchev–Trinajstić information content (AvgIpc) is 2.66. The number of carbonyl (C=O) groups excluding carboxylic acids is 1. The summed E-state index contributed by atoms with van der Waals surface area (Å²) < 4.78 is 5.62. The van der Waals surface area contributed by atoms with Crippen molar-refractivity contribution < 1.29 is 24.5 Å². The zero-order chi connectivity index (χ0) is 22.3. The van der Waals surface area contributed by atoms with Crippen molar-refractivity contribution in [1.29, 1.82) is 0 Å². The topological polar surface area (TPSA) is 83.8 Å². The molecule has 6 heteroatoms. The first kappa shape index (κ1) is 23.8. The Balaban J connectivity index is 1.81. The number of aromatic carboxylic acids is 1. The molecule has 0 amide bonds. The van der Waals surface area contributed by atoms with Crippen molar-refractivity contribution in [1.82, 2.24) is 0 Å². The number of unbranched alkanes of at least 4 members (excludes halogenated alkanes) is 1. The van der Waals surface area contributed by atoms with Crippen LogP contribution in [0.4, 0.5) is 0 Å². The van der Waals surface area contributed by atoms with Crippen LogP contribution in [-0.2, 0) is 0 Å². The van der Waals surface area contributed by atoms with Gasteiger partial charge in [-0.1, -0.05) is 26.8 Å². The molecular weight excluding hydrogens is 400 g/mol. The first-order valence-electron chi connectivity index (χ1n) is 10.0. The summed E-state index contributed by atoms with van der Waals surface area (Å²) in [5.74, 6) is 0.480. The van der Waals surface area contributed by atoms with Gasteiger partial charge in [-0.15, -0.1) is 11.8 Å². The summed E-state index contributed by atoms with van der Waals surface area (Å²) in [6.07, 6.45) is 2.13. The molecule has 0 fully saturated rings. The molecule has 0 unspecified atom stereocenters. The first-order chi connectivity index (χ1) is 14.1. The van der Waals surface area contributed by atoms with Crippen LogP contribution in [0.2, 0.25) is 0 Å². The Bertz CT molecular complexity index is 899. The predicted octanol–water partition coefficient (Wildman–Crippen LogP) is 5.97. The van der Waals surface area contributed by atoms with Gasteiger partial charge in [-0.3, -0.25) is 4.79 Å². The van der Waals surface area contributed by atoms with Crippen molar-refractivity contribution in [2.75, 3.05) is 12.4 Å². The van der Waals surface area contributed by atoms with E-state index in [9.17, 15) is 14.7 Å². The van der Waals surface area contributed by atoms with Crippen molar-refractivity contribution in [3.8, 4) is 11.5 Å². The number of thioether (sulfide) groups is 1. The molecule has 0 spiro atoms. The molecule has 0 radical (unpaired) electrons. The number of ether oxygens (including phenoxy) is 1. The number of carboxylic acids is 1. The van der Waals surface area contributed by atoms with Crippen molar-refractivity contribution in [3.05, 3.63) is 53.1 Å². The highest BCUT2D eigenvalue weighted by atomic mass is 32.2. The van der Waals surface area contributed by atoms with E-state index in [-0.39, 0.29) is 22.5 Å². The minimum absolute atomic E-state index is 0.0382. The maximum absolute atomic E-state index is 12.4. The highest BCUT2D eigenvalue weighted by Crippen LogP contribution is 2.34. The molecule has 0 aliphatic heterocycles. The molecule has 30 heavy (non-hydrogen) atoms. The molecule has 2 aromatic rings. The van der Waals surface area contributed by atoms with Gasteiger partial charge in [0.05, 0.1) is 17.7 Å². The van der Waals surface area contributed by atoms with Gasteiger partial charge in [-0.25, -0.2) is 4.79 Å². The Kier molecular flexibility index (Phi) is 8.35. The lowest BCUT2D eigenvalue weighted by molar-refractivity contribution is 0.0696. The van der Waals surface area contributed by atoms with E-state index in [4.69, 9.17) is 9.84 Å². The fourth-order valence-electron chi connectivity index (χ4n) is 2.94. The van der Waals surface area contributed by atoms with Gasteiger partial charge < -0.3 is 14.9 Å². The second kappa shape index (κ2) is 10.5. The molecule has 0 heterocycles. The minimum Gasteiger partial charge on any atom is -0.507 e. The lowest BCUT2D eigenvalue weighted by Crippen LogP contribution is -2.13. The number of ketones is 1. The monoisotopic (exact) mass is 430 g/mol. The Labute approximate surface area is 182 Å². The molecule has 0 aromatic heterocycles. The molecule has 2 rings (SSSR count). The summed E-state index contributed by atoms with van der Waals surface area (Å²) >= 11 is 1.64. The van der Waals surface area contributed by atoms with Crippen LogP contribution in [0.3, 0.4) is 0 Å². The number of aromatic hydroxyl groups is 1. The van der Waals surface area contributed by atoms with Crippen LogP contribution in [-0.4, -0.2) is 34.3 Å². The minimum atomic E-state index is -0.971. The Morgan fingerprint density at radius 3 is 2.50 bits per heavy atom. The molecule has 0 bridgehead atoms. The third-order valence-corrected chi connectivity index (χ3v) is 5.76. The summed E-state index contributed by atoms with van der Waals surface area (Å²) in [6.45, 7) is 8.36. The number of rotatable bonds is 10. The molecular formula is C24H30O5S. The summed E-state index contributed by atoms with van der Waals surface area (Å²) in [6, 6.07) is 10.1. The van der Waals surface area contributed by atoms with Crippen LogP contribution in [0.5, 0.6) is 11.5 Å². The standard InChI is InChI=1S/C24H30O5S/c1-16-21(11-10-19(22(16)26)20(25)15-24(2,3)4)30-13-6-5-12-29-18-9-7-8-17(14-18)23(27)28/h7-11,14,26H,5-6,12-13,15H2,1-4H3,(H,27,28). The maximum Gasteiger partial charge on any atom is 0.335 e. The number of phenolic OH excluding ortho intramolecular Hbond substituents is 1. The predicted molar refractivity (Wildman–Crippen MR) is 120 cm³/mol. The molecule has 5 nitrogen and oxygen atoms in total. The van der Waals surface area contributed by atoms with Gasteiger partial charge in [0.25, 0.3) is 0 Å². The zero-order valence-corrected chi connectivity index (χ0v) is 18.8. The summed E-state index contributed by atoms with van der Waals surface area (Å²) in [7, 11) is 0. The molecule has 0 atom stereocenters. The van der Waals surface area contributed by atoms with Crippen LogP contribution in [0.15, 0.2) is 41.3 Å². The molecule has 0 aliphatic carbocycles. The van der Waals surface area contributed by atoms with Gasteiger partial charge in [-0.05, 0) is 61.3 Å². The fraction of sp³-hybridized carbons (Fsp3) is 0.417. The molecule has 0 saturated heterocycles. The zero-order valence-electron chi connectivity index (χ0n) is 18.0. The number of Topliss-reactive ketones (excluding diaryl/α,β-unsaturated/α-hetero) is 1. The summed E-state index contributed by atoms with van der Waals surface area (Å²) in [4.78, 5) is 24.4. The lowest BCUT2D eigenvalue weighted by Gasteiger charge is -2.18. The highest BCUT2D eigenvalue weighted by molar-refractivity contribution is 7.99. The van der Waals surface area contributed by atoms with Gasteiger partial charge in [0.1, 0.15) is 11.5 Å². The first-order valence-corrected chi connectivity index (χ1v) is 11.0. The molecule has 0 saturated carbocycles. The van der Waals surface area contributed by atoms with Crippen LogP contribution in [0, 0.1) is 12.3 Å². The molecule has 2 aromatic carbocycles. The van der Waals surface area contributed by atoms with Crippen molar-refractivity contribution in [3.63, 3.8) is 0 Å². The Morgan fingerprint density at radius 2 is 1.83 bits per heavy atom. The van der Waals surface area contributed by atoms with E-state index in [1.807, 2.05) is 33.8 Å². The van der Waals surface area contributed by atoms with Crippen molar-refractivity contribution >= 4 is 23.5 Å². The van der Waals surface area contributed by atoms with Gasteiger partial charge in [0.15, 0.2) is 5.78 Å². The van der Waals surface area contributed by atoms with E-state index in [2.05, 4.69) is 0 Å². The molecule has 2 N–H and O–H groups in total. The van der Waals surface area contributed by atoms with Crippen LogP contribution in [0.1, 0.15) is 66.3 Å². The van der Waals surface area contributed by atoms with Crippen molar-refractivity contribution in [2.24, 2.45) is 5.41 Å². The Hall–Kier alpha value is -2.47. The van der Waals surface area contributed by atoms with Gasteiger partial charge in [-0.2, -0.15) is 0 Å². The number of carbonyl (C=O) groups is 2. The fourth-order valence-corrected chi connectivity index (χ4v) is 3.98. The number of carboxylic acid groups (broad SMARTS) is 1. The normalized spacial score (nSPS) is 11.3. The third-order valence-electron chi connectivity index (χ3n) is 4.52. The summed E-state index contributed by atoms with van der Waals surface area (Å²) in [5.41, 5.74) is 1.22. The lowest BCUT2D eigenvalue weighted by atomic mass is 9.87. The highest BCUT2D eigenvalue weighted by Gasteiger charge is 2.21. The summed E-state index contributed by atoms with van der Waals surface area (Å²) in [5, 5.41) is 19.5. The van der Waals surface area contributed by atoms with E-state index < -0.39 is 5.97 Å². The van der Waals surface area contributed by atoms with E-state index >= 15 is 0 Å². The maximum atomic E-state index is 12.4. The quantitative estimate of drug-likeness (QED) is 0.274. The SMILES string of the molecule is Cc1c(SCCCCOc2cccc(C(=O)O)c2)ccc(C(=O)CC(C)(C)C)c1O.